The molecule has 1 aliphatic heterocycles. The molecule has 27 heavy (non-hydrogen) atoms. The first-order chi connectivity index (χ1) is 13.1. The maximum absolute atomic E-state index is 12.2. The van der Waals surface area contributed by atoms with Gasteiger partial charge in [0.15, 0.2) is 0 Å². The van der Waals surface area contributed by atoms with Crippen LogP contribution in [-0.2, 0) is 33.8 Å². The topological polar surface area (TPSA) is 47.6 Å². The van der Waals surface area contributed by atoms with Gasteiger partial charge in [0.25, 0.3) is 0 Å². The Morgan fingerprint density at radius 2 is 1.74 bits per heavy atom. The summed E-state index contributed by atoms with van der Waals surface area (Å²) < 4.78 is 11.3. The molecule has 0 aromatic heterocycles. The fraction of sp³-hybridized carbons (Fsp3) is 0.381. The molecule has 1 amide bonds. The Bertz CT molecular complexity index is 756. The molecule has 0 radical (unpaired) electrons. The molecule has 1 fully saturated rings. The summed E-state index contributed by atoms with van der Waals surface area (Å²) in [6, 6.07) is 13.3. The van der Waals surface area contributed by atoms with Crippen molar-refractivity contribution in [2.45, 2.75) is 38.5 Å². The van der Waals surface area contributed by atoms with Crippen LogP contribution in [0.2, 0.25) is 10.0 Å². The van der Waals surface area contributed by atoms with Crippen LogP contribution in [0.3, 0.4) is 0 Å². The van der Waals surface area contributed by atoms with Gasteiger partial charge in [-0.25, -0.2) is 0 Å². The first kappa shape index (κ1) is 20.2. The van der Waals surface area contributed by atoms with Crippen LogP contribution in [0.15, 0.2) is 42.5 Å². The molecule has 0 unspecified atom stereocenters. The van der Waals surface area contributed by atoms with E-state index in [4.69, 9.17) is 32.7 Å². The second-order valence-electron chi connectivity index (χ2n) is 6.60. The molecule has 0 aliphatic carbocycles. The summed E-state index contributed by atoms with van der Waals surface area (Å²) >= 11 is 12.2. The highest BCUT2D eigenvalue weighted by molar-refractivity contribution is 6.36. The maximum atomic E-state index is 12.2. The molecule has 1 heterocycles. The van der Waals surface area contributed by atoms with E-state index in [1.165, 1.54) is 0 Å². The minimum absolute atomic E-state index is 0.117. The predicted molar refractivity (Wildman–Crippen MR) is 107 cm³/mol. The molecule has 0 saturated carbocycles. The lowest BCUT2D eigenvalue weighted by atomic mass is 10.1. The zero-order chi connectivity index (χ0) is 19.1. The molecule has 0 atom stereocenters. The third-order valence-electron chi connectivity index (χ3n) is 4.53. The monoisotopic (exact) mass is 407 g/mol. The van der Waals surface area contributed by atoms with E-state index in [-0.39, 0.29) is 18.4 Å². The molecule has 3 rings (SSSR count). The highest BCUT2D eigenvalue weighted by Crippen LogP contribution is 2.24. The van der Waals surface area contributed by atoms with E-state index < -0.39 is 0 Å². The van der Waals surface area contributed by atoms with Crippen LogP contribution in [-0.4, -0.2) is 25.2 Å². The van der Waals surface area contributed by atoms with Crippen LogP contribution in [0.4, 0.5) is 0 Å². The SMILES string of the molecule is O=C(Cc1c(Cl)cccc1Cl)NCc1cccc(COC2CCOCC2)c1. The molecule has 2 aromatic carbocycles. The Labute approximate surface area is 169 Å². The standard InChI is InChI=1S/C21H23Cl2NO3/c22-19-5-2-6-20(23)18(19)12-21(25)24-13-15-3-1-4-16(11-15)14-27-17-7-9-26-10-8-17/h1-6,11,17H,7-10,12-14H2,(H,24,25). The Balaban J connectivity index is 1.49. The van der Waals surface area contributed by atoms with Crippen molar-refractivity contribution in [3.05, 3.63) is 69.2 Å². The average Bonchev–Trinajstić information content (AvgIpc) is 2.69. The average molecular weight is 408 g/mol. The summed E-state index contributed by atoms with van der Waals surface area (Å²) in [6.07, 6.45) is 2.31. The van der Waals surface area contributed by atoms with Crippen LogP contribution in [0.5, 0.6) is 0 Å². The second kappa shape index (κ2) is 10.1. The lowest BCUT2D eigenvalue weighted by molar-refractivity contribution is -0.120. The fourth-order valence-corrected chi connectivity index (χ4v) is 3.54. The van der Waals surface area contributed by atoms with E-state index >= 15 is 0 Å². The van der Waals surface area contributed by atoms with E-state index in [0.29, 0.717) is 28.8 Å². The normalized spacial score (nSPS) is 14.9. The number of ether oxygens (including phenoxy) is 2. The van der Waals surface area contributed by atoms with E-state index in [1.54, 1.807) is 18.2 Å². The largest absolute Gasteiger partial charge is 0.381 e. The number of benzene rings is 2. The van der Waals surface area contributed by atoms with Gasteiger partial charge in [-0.2, -0.15) is 0 Å². The van der Waals surface area contributed by atoms with Gasteiger partial charge in [-0.15, -0.1) is 0 Å². The van der Waals surface area contributed by atoms with Crippen molar-refractivity contribution in [2.75, 3.05) is 13.2 Å². The van der Waals surface area contributed by atoms with Crippen molar-refractivity contribution in [3.63, 3.8) is 0 Å². The van der Waals surface area contributed by atoms with Crippen LogP contribution in [0.25, 0.3) is 0 Å². The van der Waals surface area contributed by atoms with E-state index in [1.807, 2.05) is 18.2 Å². The summed E-state index contributed by atoms with van der Waals surface area (Å²) in [5, 5.41) is 3.93. The van der Waals surface area contributed by atoms with Crippen LogP contribution < -0.4 is 5.32 Å². The van der Waals surface area contributed by atoms with Crippen molar-refractivity contribution in [1.82, 2.24) is 5.32 Å². The molecule has 0 bridgehead atoms. The Morgan fingerprint density at radius 1 is 1.07 bits per heavy atom. The summed E-state index contributed by atoms with van der Waals surface area (Å²) in [6.45, 7) is 2.56. The van der Waals surface area contributed by atoms with Crippen molar-refractivity contribution < 1.29 is 14.3 Å². The van der Waals surface area contributed by atoms with Gasteiger partial charge in [0.1, 0.15) is 0 Å². The summed E-state index contributed by atoms with van der Waals surface area (Å²) in [5.41, 5.74) is 2.78. The van der Waals surface area contributed by atoms with Gasteiger partial charge >= 0.3 is 0 Å². The molecule has 1 aliphatic rings. The van der Waals surface area contributed by atoms with Gasteiger partial charge in [-0.1, -0.05) is 53.5 Å². The number of carbonyl (C=O) groups excluding carboxylic acids is 1. The van der Waals surface area contributed by atoms with Crippen LogP contribution in [0, 0.1) is 0 Å². The Hall–Kier alpha value is -1.59. The molecule has 4 nitrogen and oxygen atoms in total. The van der Waals surface area contributed by atoms with Gasteiger partial charge in [0, 0.05) is 29.8 Å². The number of hydrogen-bond acceptors (Lipinski definition) is 3. The van der Waals surface area contributed by atoms with E-state index in [9.17, 15) is 4.79 Å². The third-order valence-corrected chi connectivity index (χ3v) is 5.24. The van der Waals surface area contributed by atoms with Gasteiger partial charge in [-0.05, 0) is 41.7 Å². The first-order valence-corrected chi connectivity index (χ1v) is 9.84. The molecule has 2 aromatic rings. The van der Waals surface area contributed by atoms with Crippen molar-refractivity contribution in [2.24, 2.45) is 0 Å². The molecular formula is C21H23Cl2NO3. The smallest absolute Gasteiger partial charge is 0.224 e. The molecule has 1 N–H and O–H groups in total. The van der Waals surface area contributed by atoms with Gasteiger partial charge in [-0.3, -0.25) is 4.79 Å². The summed E-state index contributed by atoms with van der Waals surface area (Å²) in [4.78, 5) is 12.2. The first-order valence-electron chi connectivity index (χ1n) is 9.08. The predicted octanol–water partition coefficient (Wildman–Crippen LogP) is 4.55. The molecule has 0 spiro atoms. The number of hydrogen-bond donors (Lipinski definition) is 1. The van der Waals surface area contributed by atoms with Crippen LogP contribution >= 0.6 is 23.2 Å². The molecule has 6 heteroatoms. The maximum Gasteiger partial charge on any atom is 0.224 e. The van der Waals surface area contributed by atoms with E-state index in [2.05, 4.69) is 11.4 Å². The van der Waals surface area contributed by atoms with Gasteiger partial charge in [0.2, 0.25) is 5.91 Å². The number of nitrogens with one attached hydrogen (secondary N) is 1. The number of rotatable bonds is 7. The Morgan fingerprint density at radius 3 is 2.48 bits per heavy atom. The third kappa shape index (κ3) is 6.22. The highest BCUT2D eigenvalue weighted by atomic mass is 35.5. The minimum Gasteiger partial charge on any atom is -0.381 e. The van der Waals surface area contributed by atoms with Crippen molar-refractivity contribution in [1.29, 1.82) is 0 Å². The number of amides is 1. The van der Waals surface area contributed by atoms with Gasteiger partial charge in [0.05, 0.1) is 19.1 Å². The fourth-order valence-electron chi connectivity index (χ4n) is 3.01. The highest BCUT2D eigenvalue weighted by Gasteiger charge is 2.14. The molecule has 144 valence electrons. The molecule has 1 saturated heterocycles. The lowest BCUT2D eigenvalue weighted by Gasteiger charge is -2.22. The van der Waals surface area contributed by atoms with Gasteiger partial charge < -0.3 is 14.8 Å². The minimum atomic E-state index is -0.117. The quantitative estimate of drug-likeness (QED) is 0.732. The number of halogens is 2. The Kier molecular flexibility index (Phi) is 7.53. The summed E-state index contributed by atoms with van der Waals surface area (Å²) in [5.74, 6) is -0.117. The van der Waals surface area contributed by atoms with Crippen molar-refractivity contribution >= 4 is 29.1 Å². The molecular weight excluding hydrogens is 385 g/mol. The summed E-state index contributed by atoms with van der Waals surface area (Å²) in [7, 11) is 0. The zero-order valence-corrected chi connectivity index (χ0v) is 16.6. The van der Waals surface area contributed by atoms with Crippen molar-refractivity contribution in [3.8, 4) is 0 Å². The van der Waals surface area contributed by atoms with Crippen LogP contribution in [0.1, 0.15) is 29.5 Å². The second-order valence-corrected chi connectivity index (χ2v) is 7.41. The van der Waals surface area contributed by atoms with E-state index in [0.717, 1.165) is 37.2 Å². The zero-order valence-electron chi connectivity index (χ0n) is 15.0. The number of carbonyl (C=O) groups is 1. The lowest BCUT2D eigenvalue weighted by Crippen LogP contribution is -2.25.